The molecule has 0 spiro atoms. The number of nitrogens with one attached hydrogen (secondary N) is 3. The summed E-state index contributed by atoms with van der Waals surface area (Å²) in [5.74, 6) is -2.87. The van der Waals surface area contributed by atoms with Gasteiger partial charge in [-0.05, 0) is 36.4 Å². The van der Waals surface area contributed by atoms with Gasteiger partial charge in [0.15, 0.2) is 5.76 Å². The van der Waals surface area contributed by atoms with E-state index in [9.17, 15) is 18.8 Å². The van der Waals surface area contributed by atoms with Crippen LogP contribution in [0.5, 0.6) is 0 Å². The summed E-state index contributed by atoms with van der Waals surface area (Å²) in [7, 11) is 0. The highest BCUT2D eigenvalue weighted by Crippen LogP contribution is 2.24. The maximum Gasteiger partial charge on any atom is 0.327 e. The minimum atomic E-state index is -1.07. The smallest absolute Gasteiger partial charge is 0.327 e. The Kier molecular flexibility index (Phi) is 5.31. The lowest BCUT2D eigenvalue weighted by molar-refractivity contribution is -0.139. The van der Waals surface area contributed by atoms with Gasteiger partial charge in [0.1, 0.15) is 17.3 Å². The van der Waals surface area contributed by atoms with Crippen molar-refractivity contribution < 1.29 is 27.6 Å². The Labute approximate surface area is 152 Å². The second kappa shape index (κ2) is 8.00. The van der Waals surface area contributed by atoms with Crippen molar-refractivity contribution in [1.82, 2.24) is 16.2 Å². The van der Waals surface area contributed by atoms with Crippen LogP contribution in [0.2, 0.25) is 0 Å². The zero-order chi connectivity index (χ0) is 19.2. The number of furan rings is 2. The van der Waals surface area contributed by atoms with Crippen molar-refractivity contribution in [3.05, 3.63) is 72.1 Å². The van der Waals surface area contributed by atoms with E-state index in [1.807, 2.05) is 10.9 Å². The Morgan fingerprint density at radius 1 is 0.926 bits per heavy atom. The van der Waals surface area contributed by atoms with Crippen LogP contribution < -0.4 is 16.2 Å². The number of halogens is 1. The average molecular weight is 371 g/mol. The molecule has 8 nitrogen and oxygen atoms in total. The third kappa shape index (κ3) is 4.40. The highest BCUT2D eigenvalue weighted by atomic mass is 19.1. The third-order valence-electron chi connectivity index (χ3n) is 3.47. The van der Waals surface area contributed by atoms with E-state index < -0.39 is 23.5 Å². The van der Waals surface area contributed by atoms with Crippen molar-refractivity contribution in [3.8, 4) is 11.3 Å². The fraction of sp³-hybridized carbons (Fsp3) is 0.0556. The van der Waals surface area contributed by atoms with Crippen molar-refractivity contribution in [2.24, 2.45) is 0 Å². The topological polar surface area (TPSA) is 114 Å². The Hall–Kier alpha value is -3.88. The van der Waals surface area contributed by atoms with Crippen LogP contribution in [-0.2, 0) is 16.1 Å². The SMILES string of the molecule is O=C(NCc1ccco1)C(=O)NNC(=O)c1ccc(-c2ccccc2F)o1. The van der Waals surface area contributed by atoms with Crippen LogP contribution in [0.25, 0.3) is 11.3 Å². The first-order valence-corrected chi connectivity index (χ1v) is 7.80. The number of amides is 3. The molecule has 3 aromatic rings. The maximum absolute atomic E-state index is 13.7. The molecular weight excluding hydrogens is 357 g/mol. The van der Waals surface area contributed by atoms with Crippen LogP contribution in [0.1, 0.15) is 16.3 Å². The summed E-state index contributed by atoms with van der Waals surface area (Å²) >= 11 is 0. The number of hydrazine groups is 1. The van der Waals surface area contributed by atoms with E-state index in [0.29, 0.717) is 5.76 Å². The molecular formula is C18H14FN3O5. The molecule has 3 rings (SSSR count). The summed E-state index contributed by atoms with van der Waals surface area (Å²) in [6.45, 7) is 0.0252. The first-order valence-electron chi connectivity index (χ1n) is 7.80. The molecule has 0 bridgehead atoms. The van der Waals surface area contributed by atoms with Gasteiger partial charge in [-0.25, -0.2) is 4.39 Å². The molecule has 0 fully saturated rings. The molecule has 27 heavy (non-hydrogen) atoms. The molecule has 0 unspecified atom stereocenters. The molecule has 9 heteroatoms. The first kappa shape index (κ1) is 17.9. The quantitative estimate of drug-likeness (QED) is 0.478. The van der Waals surface area contributed by atoms with Crippen LogP contribution >= 0.6 is 0 Å². The van der Waals surface area contributed by atoms with Gasteiger partial charge in [-0.2, -0.15) is 0 Å². The first-order chi connectivity index (χ1) is 13.0. The average Bonchev–Trinajstić information content (AvgIpc) is 3.36. The molecule has 0 atom stereocenters. The van der Waals surface area contributed by atoms with E-state index >= 15 is 0 Å². The Bertz CT molecular complexity index is 965. The molecule has 3 amide bonds. The van der Waals surface area contributed by atoms with Gasteiger partial charge < -0.3 is 14.2 Å². The zero-order valence-corrected chi connectivity index (χ0v) is 13.8. The van der Waals surface area contributed by atoms with E-state index in [4.69, 9.17) is 8.83 Å². The van der Waals surface area contributed by atoms with Crippen LogP contribution in [-0.4, -0.2) is 17.7 Å². The summed E-state index contributed by atoms with van der Waals surface area (Å²) in [6, 6.07) is 11.9. The number of hydrogen-bond donors (Lipinski definition) is 3. The highest BCUT2D eigenvalue weighted by Gasteiger charge is 2.17. The van der Waals surface area contributed by atoms with Gasteiger partial charge in [0.2, 0.25) is 0 Å². The van der Waals surface area contributed by atoms with E-state index in [1.54, 1.807) is 18.2 Å². The van der Waals surface area contributed by atoms with Crippen molar-refractivity contribution in [2.45, 2.75) is 6.54 Å². The van der Waals surface area contributed by atoms with E-state index in [0.717, 1.165) is 0 Å². The Morgan fingerprint density at radius 3 is 2.48 bits per heavy atom. The number of rotatable bonds is 4. The molecule has 3 N–H and O–H groups in total. The molecule has 0 saturated carbocycles. The fourth-order valence-electron chi connectivity index (χ4n) is 2.16. The third-order valence-corrected chi connectivity index (χ3v) is 3.47. The second-order valence-electron chi connectivity index (χ2n) is 5.31. The summed E-state index contributed by atoms with van der Waals surface area (Å²) in [4.78, 5) is 35.3. The number of benzene rings is 1. The summed E-state index contributed by atoms with van der Waals surface area (Å²) in [6.07, 6.45) is 1.43. The van der Waals surface area contributed by atoms with Crippen LogP contribution in [0.4, 0.5) is 4.39 Å². The van der Waals surface area contributed by atoms with Gasteiger partial charge in [-0.1, -0.05) is 12.1 Å². The lowest BCUT2D eigenvalue weighted by Gasteiger charge is -2.06. The minimum absolute atomic E-state index is 0.0252. The van der Waals surface area contributed by atoms with Crippen molar-refractivity contribution in [2.75, 3.05) is 0 Å². The predicted octanol–water partition coefficient (Wildman–Crippen LogP) is 1.76. The monoisotopic (exact) mass is 371 g/mol. The molecule has 1 aromatic carbocycles. The fourth-order valence-corrected chi connectivity index (χ4v) is 2.16. The predicted molar refractivity (Wildman–Crippen MR) is 90.3 cm³/mol. The van der Waals surface area contributed by atoms with Gasteiger partial charge in [-0.3, -0.25) is 25.2 Å². The molecule has 2 heterocycles. The lowest BCUT2D eigenvalue weighted by atomic mass is 10.1. The van der Waals surface area contributed by atoms with Gasteiger partial charge >= 0.3 is 17.7 Å². The maximum atomic E-state index is 13.7. The second-order valence-corrected chi connectivity index (χ2v) is 5.31. The molecule has 0 aliphatic heterocycles. The summed E-state index contributed by atoms with van der Waals surface area (Å²) in [5.41, 5.74) is 4.19. The standard InChI is InChI=1S/C18H14FN3O5/c19-13-6-2-1-5-12(13)14-7-8-15(27-14)16(23)21-22-18(25)17(24)20-10-11-4-3-9-26-11/h1-9H,10H2,(H,20,24)(H,21,23)(H,22,25). The van der Waals surface area contributed by atoms with Gasteiger partial charge in [0.05, 0.1) is 18.4 Å². The molecule has 138 valence electrons. The normalized spacial score (nSPS) is 10.3. The van der Waals surface area contributed by atoms with Gasteiger partial charge in [-0.15, -0.1) is 0 Å². The van der Waals surface area contributed by atoms with Crippen LogP contribution in [0.3, 0.4) is 0 Å². The van der Waals surface area contributed by atoms with Crippen LogP contribution in [0.15, 0.2) is 63.6 Å². The van der Waals surface area contributed by atoms with Crippen LogP contribution in [0, 0.1) is 5.82 Å². The van der Waals surface area contributed by atoms with Gasteiger partial charge in [0, 0.05) is 0 Å². The molecule has 0 saturated heterocycles. The van der Waals surface area contributed by atoms with Gasteiger partial charge in [0.25, 0.3) is 0 Å². The van der Waals surface area contributed by atoms with Crippen molar-refractivity contribution >= 4 is 17.7 Å². The molecule has 0 aliphatic carbocycles. The van der Waals surface area contributed by atoms with Crippen molar-refractivity contribution in [1.29, 1.82) is 0 Å². The van der Waals surface area contributed by atoms with E-state index in [-0.39, 0.29) is 23.6 Å². The van der Waals surface area contributed by atoms with Crippen molar-refractivity contribution in [3.63, 3.8) is 0 Å². The molecule has 0 aliphatic rings. The summed E-state index contributed by atoms with van der Waals surface area (Å²) < 4.78 is 24.0. The molecule has 0 radical (unpaired) electrons. The summed E-state index contributed by atoms with van der Waals surface area (Å²) in [5, 5.41) is 2.32. The zero-order valence-electron chi connectivity index (χ0n) is 13.8. The highest BCUT2D eigenvalue weighted by molar-refractivity contribution is 6.35. The largest absolute Gasteiger partial charge is 0.467 e. The number of hydrogen-bond acceptors (Lipinski definition) is 5. The Morgan fingerprint density at radius 2 is 1.74 bits per heavy atom. The Balaban J connectivity index is 1.52. The van der Waals surface area contributed by atoms with E-state index in [1.165, 1.54) is 36.6 Å². The number of carbonyl (C=O) groups excluding carboxylic acids is 3. The minimum Gasteiger partial charge on any atom is -0.467 e. The number of carbonyl (C=O) groups is 3. The molecule has 2 aromatic heterocycles. The van der Waals surface area contributed by atoms with E-state index in [2.05, 4.69) is 5.32 Å². The lowest BCUT2D eigenvalue weighted by Crippen LogP contribution is -2.48.